The molecule has 3 rings (SSSR count). The van der Waals surface area contributed by atoms with E-state index in [2.05, 4.69) is 31.1 Å². The third-order valence-electron chi connectivity index (χ3n) is 5.27. The molecule has 7 heteroatoms. The smallest absolute Gasteiger partial charge is 0.262 e. The highest BCUT2D eigenvalue weighted by molar-refractivity contribution is 7.18. The van der Waals surface area contributed by atoms with Crippen molar-refractivity contribution >= 4 is 27.5 Å². The van der Waals surface area contributed by atoms with Crippen molar-refractivity contribution in [2.75, 3.05) is 13.2 Å². The lowest BCUT2D eigenvalue weighted by atomic mass is 9.72. The maximum Gasteiger partial charge on any atom is 0.262 e. The van der Waals surface area contributed by atoms with Crippen LogP contribution in [0.1, 0.15) is 44.1 Å². The standard InChI is InChI=1S/C19H27N3O3S/c1-19(2,3)12-4-5-13-14(10-12)26-17-16(13)18(25)22(11-21-17)8-6-15(24)20-7-9-23/h11-12,23H,4-10H2,1-3H3,(H,20,24). The minimum atomic E-state index is -0.175. The molecule has 26 heavy (non-hydrogen) atoms. The topological polar surface area (TPSA) is 84.2 Å². The molecule has 2 aromatic rings. The molecule has 0 bridgehead atoms. The van der Waals surface area contributed by atoms with Crippen molar-refractivity contribution in [1.29, 1.82) is 0 Å². The molecule has 2 N–H and O–H groups in total. The van der Waals surface area contributed by atoms with Gasteiger partial charge in [-0.25, -0.2) is 4.98 Å². The number of thiophene rings is 1. The van der Waals surface area contributed by atoms with Gasteiger partial charge in [0.25, 0.3) is 5.56 Å². The van der Waals surface area contributed by atoms with Crippen molar-refractivity contribution in [3.05, 3.63) is 27.1 Å². The Balaban J connectivity index is 1.84. The second kappa shape index (κ2) is 7.48. The van der Waals surface area contributed by atoms with E-state index in [1.807, 2.05) is 0 Å². The number of carbonyl (C=O) groups is 1. The lowest BCUT2D eigenvalue weighted by molar-refractivity contribution is -0.121. The summed E-state index contributed by atoms with van der Waals surface area (Å²) in [5.41, 5.74) is 1.39. The largest absolute Gasteiger partial charge is 0.395 e. The molecule has 142 valence electrons. The zero-order valence-electron chi connectivity index (χ0n) is 15.7. The van der Waals surface area contributed by atoms with Crippen molar-refractivity contribution in [2.24, 2.45) is 11.3 Å². The average molecular weight is 378 g/mol. The molecule has 1 unspecified atom stereocenters. The van der Waals surface area contributed by atoms with Gasteiger partial charge in [0, 0.05) is 24.4 Å². The Morgan fingerprint density at radius 1 is 1.46 bits per heavy atom. The molecule has 1 amide bonds. The van der Waals surface area contributed by atoms with Crippen molar-refractivity contribution in [3.8, 4) is 0 Å². The summed E-state index contributed by atoms with van der Waals surface area (Å²) in [5.74, 6) is 0.451. The Bertz CT molecular complexity index is 863. The minimum Gasteiger partial charge on any atom is -0.395 e. The Morgan fingerprint density at radius 2 is 2.23 bits per heavy atom. The fourth-order valence-electron chi connectivity index (χ4n) is 3.61. The van der Waals surface area contributed by atoms with Gasteiger partial charge in [-0.15, -0.1) is 11.3 Å². The van der Waals surface area contributed by atoms with Gasteiger partial charge in [0.05, 0.1) is 18.3 Å². The van der Waals surface area contributed by atoms with E-state index in [1.165, 1.54) is 15.0 Å². The average Bonchev–Trinajstić information content (AvgIpc) is 2.97. The number of aryl methyl sites for hydroxylation is 2. The first kappa shape index (κ1) is 19.0. The maximum atomic E-state index is 12.9. The quantitative estimate of drug-likeness (QED) is 0.836. The summed E-state index contributed by atoms with van der Waals surface area (Å²) in [6.07, 6.45) is 4.79. The van der Waals surface area contributed by atoms with E-state index in [0.717, 1.165) is 29.5 Å². The summed E-state index contributed by atoms with van der Waals surface area (Å²) in [4.78, 5) is 31.2. The summed E-state index contributed by atoms with van der Waals surface area (Å²) in [6.45, 7) is 7.29. The second-order valence-corrected chi connectivity index (χ2v) is 9.14. The van der Waals surface area contributed by atoms with Gasteiger partial charge < -0.3 is 10.4 Å². The van der Waals surface area contributed by atoms with E-state index >= 15 is 0 Å². The van der Waals surface area contributed by atoms with Crippen LogP contribution in [-0.2, 0) is 24.2 Å². The fourth-order valence-corrected chi connectivity index (χ4v) is 4.86. The molecule has 1 aliphatic carbocycles. The Labute approximate surface area is 157 Å². The SMILES string of the molecule is CC(C)(C)C1CCc2c(sc3ncn(CCC(=O)NCCO)c(=O)c23)C1. The molecule has 0 fully saturated rings. The lowest BCUT2D eigenvalue weighted by Gasteiger charge is -2.33. The summed E-state index contributed by atoms with van der Waals surface area (Å²) >= 11 is 1.65. The van der Waals surface area contributed by atoms with Crippen LogP contribution in [0.5, 0.6) is 0 Å². The van der Waals surface area contributed by atoms with Gasteiger partial charge in [0.2, 0.25) is 5.91 Å². The number of nitrogens with one attached hydrogen (secondary N) is 1. The van der Waals surface area contributed by atoms with Gasteiger partial charge >= 0.3 is 0 Å². The number of rotatable bonds is 5. The number of aromatic nitrogens is 2. The molecule has 1 aliphatic rings. The molecule has 0 aliphatic heterocycles. The molecule has 0 saturated carbocycles. The van der Waals surface area contributed by atoms with Crippen LogP contribution in [-0.4, -0.2) is 33.7 Å². The van der Waals surface area contributed by atoms with Crippen molar-refractivity contribution < 1.29 is 9.90 Å². The molecule has 6 nitrogen and oxygen atoms in total. The second-order valence-electron chi connectivity index (χ2n) is 8.06. The Hall–Kier alpha value is -1.73. The van der Waals surface area contributed by atoms with Crippen molar-refractivity contribution in [1.82, 2.24) is 14.9 Å². The fraction of sp³-hybridized carbons (Fsp3) is 0.632. The van der Waals surface area contributed by atoms with Crippen LogP contribution in [0.3, 0.4) is 0 Å². The summed E-state index contributed by atoms with van der Waals surface area (Å²) in [6, 6.07) is 0. The van der Waals surface area contributed by atoms with Crippen LogP contribution >= 0.6 is 11.3 Å². The maximum absolute atomic E-state index is 12.9. The van der Waals surface area contributed by atoms with Gasteiger partial charge in [-0.3, -0.25) is 14.2 Å². The van der Waals surface area contributed by atoms with Crippen LogP contribution < -0.4 is 10.9 Å². The third kappa shape index (κ3) is 3.83. The summed E-state index contributed by atoms with van der Waals surface area (Å²) < 4.78 is 1.53. The Kier molecular flexibility index (Phi) is 5.48. The number of carbonyl (C=O) groups excluding carboxylic acids is 1. The van der Waals surface area contributed by atoms with Crippen LogP contribution in [0, 0.1) is 11.3 Å². The van der Waals surface area contributed by atoms with Gasteiger partial charge in [-0.2, -0.15) is 0 Å². The van der Waals surface area contributed by atoms with E-state index in [4.69, 9.17) is 5.11 Å². The highest BCUT2D eigenvalue weighted by Gasteiger charge is 2.31. The number of aliphatic hydroxyl groups is 1. The van der Waals surface area contributed by atoms with Crippen molar-refractivity contribution in [3.63, 3.8) is 0 Å². The van der Waals surface area contributed by atoms with Gasteiger partial charge in [0.1, 0.15) is 4.83 Å². The number of hydrogen-bond donors (Lipinski definition) is 2. The minimum absolute atomic E-state index is 0.0448. The molecular formula is C19H27N3O3S. The predicted octanol–water partition coefficient (Wildman–Crippen LogP) is 2.11. The molecule has 2 heterocycles. The zero-order chi connectivity index (χ0) is 18.9. The lowest BCUT2D eigenvalue weighted by Crippen LogP contribution is -2.29. The molecular weight excluding hydrogens is 350 g/mol. The van der Waals surface area contributed by atoms with E-state index in [0.29, 0.717) is 12.5 Å². The van der Waals surface area contributed by atoms with Crippen LogP contribution in [0.2, 0.25) is 0 Å². The third-order valence-corrected chi connectivity index (χ3v) is 6.44. The number of nitrogens with zero attached hydrogens (tertiary/aromatic N) is 2. The molecule has 0 saturated heterocycles. The van der Waals surface area contributed by atoms with E-state index in [1.54, 1.807) is 17.7 Å². The van der Waals surface area contributed by atoms with Crippen LogP contribution in [0.25, 0.3) is 10.2 Å². The molecule has 0 spiro atoms. The first-order valence-corrected chi connectivity index (χ1v) is 10.00. The van der Waals surface area contributed by atoms with Crippen LogP contribution in [0.15, 0.2) is 11.1 Å². The highest BCUT2D eigenvalue weighted by atomic mass is 32.1. The van der Waals surface area contributed by atoms with Gasteiger partial charge in [0.15, 0.2) is 0 Å². The first-order valence-electron chi connectivity index (χ1n) is 9.18. The summed E-state index contributed by atoms with van der Waals surface area (Å²) in [7, 11) is 0. The van der Waals surface area contributed by atoms with E-state index in [-0.39, 0.29) is 36.5 Å². The predicted molar refractivity (Wildman–Crippen MR) is 104 cm³/mol. The normalized spacial score (nSPS) is 17.3. The Morgan fingerprint density at radius 3 is 2.92 bits per heavy atom. The van der Waals surface area contributed by atoms with Crippen LogP contribution in [0.4, 0.5) is 0 Å². The van der Waals surface area contributed by atoms with Gasteiger partial charge in [-0.05, 0) is 36.2 Å². The first-order chi connectivity index (χ1) is 12.3. The molecule has 2 aromatic heterocycles. The van der Waals surface area contributed by atoms with E-state index < -0.39 is 0 Å². The number of amides is 1. The number of aliphatic hydroxyl groups excluding tert-OH is 1. The van der Waals surface area contributed by atoms with Crippen molar-refractivity contribution in [2.45, 2.75) is 53.0 Å². The number of hydrogen-bond acceptors (Lipinski definition) is 5. The molecule has 0 radical (unpaired) electrons. The zero-order valence-corrected chi connectivity index (χ0v) is 16.5. The van der Waals surface area contributed by atoms with Gasteiger partial charge in [-0.1, -0.05) is 20.8 Å². The molecule has 1 atom stereocenters. The summed E-state index contributed by atoms with van der Waals surface area (Å²) in [5, 5.41) is 12.1. The molecule has 0 aromatic carbocycles. The van der Waals surface area contributed by atoms with E-state index in [9.17, 15) is 9.59 Å². The highest BCUT2D eigenvalue weighted by Crippen LogP contribution is 2.41. The number of fused-ring (bicyclic) bond motifs is 3. The monoisotopic (exact) mass is 377 g/mol.